The molecule has 0 aliphatic rings. The van der Waals surface area contributed by atoms with Crippen molar-refractivity contribution in [2.24, 2.45) is 16.5 Å². The summed E-state index contributed by atoms with van der Waals surface area (Å²) in [5.41, 5.74) is 12.4. The van der Waals surface area contributed by atoms with Crippen molar-refractivity contribution >= 4 is 35.6 Å². The fourth-order valence-electron chi connectivity index (χ4n) is 2.43. The number of guanidine groups is 1. The van der Waals surface area contributed by atoms with Gasteiger partial charge in [0.15, 0.2) is 5.96 Å². The molecular weight excluding hydrogens is 388 g/mol. The molecule has 2 rings (SSSR count). The Hall–Kier alpha value is -4.14. The Balaban J connectivity index is 2.26. The molecule has 4 N–H and O–H groups in total. The van der Waals surface area contributed by atoms with E-state index in [1.807, 2.05) is 0 Å². The molecular formula is C21H21N4O5-. The molecule has 0 spiro atoms. The first-order valence-electron chi connectivity index (χ1n) is 8.79. The molecule has 0 atom stereocenters. The molecule has 0 aliphatic heterocycles. The zero-order valence-electron chi connectivity index (χ0n) is 16.5. The van der Waals surface area contributed by atoms with E-state index in [4.69, 9.17) is 16.2 Å². The van der Waals surface area contributed by atoms with Crippen LogP contribution in [0.5, 0.6) is 5.75 Å². The molecule has 0 saturated carbocycles. The largest absolute Gasteiger partial charge is 0.545 e. The van der Waals surface area contributed by atoms with Gasteiger partial charge in [0.25, 0.3) is 0 Å². The Morgan fingerprint density at radius 3 is 2.33 bits per heavy atom. The van der Waals surface area contributed by atoms with Crippen LogP contribution in [0.25, 0.3) is 6.08 Å². The molecule has 9 nitrogen and oxygen atoms in total. The van der Waals surface area contributed by atoms with Gasteiger partial charge in [-0.3, -0.25) is 4.79 Å². The van der Waals surface area contributed by atoms with E-state index in [9.17, 15) is 19.5 Å². The van der Waals surface area contributed by atoms with Gasteiger partial charge in [-0.05, 0) is 53.6 Å². The van der Waals surface area contributed by atoms with E-state index in [-0.39, 0.29) is 29.6 Å². The average Bonchev–Trinajstić information content (AvgIpc) is 2.67. The third-order valence-electron chi connectivity index (χ3n) is 3.93. The molecule has 0 saturated heterocycles. The number of aliphatic carboxylic acids is 1. The minimum atomic E-state index is -1.36. The van der Waals surface area contributed by atoms with Crippen molar-refractivity contribution in [2.75, 3.05) is 14.1 Å². The number of ether oxygens (including phenoxy) is 1. The molecule has 0 bridgehead atoms. The zero-order valence-corrected chi connectivity index (χ0v) is 16.5. The minimum Gasteiger partial charge on any atom is -0.545 e. The van der Waals surface area contributed by atoms with Gasteiger partial charge in [0, 0.05) is 14.1 Å². The second-order valence-electron chi connectivity index (χ2n) is 6.45. The number of hydrogen-bond acceptors (Lipinski definition) is 6. The fourth-order valence-corrected chi connectivity index (χ4v) is 2.43. The molecule has 156 valence electrons. The highest BCUT2D eigenvalue weighted by atomic mass is 16.5. The molecule has 0 fully saturated rings. The van der Waals surface area contributed by atoms with E-state index in [0.29, 0.717) is 16.8 Å². The average molecular weight is 409 g/mol. The van der Waals surface area contributed by atoms with E-state index in [2.05, 4.69) is 4.99 Å². The van der Waals surface area contributed by atoms with Gasteiger partial charge in [0.1, 0.15) is 5.75 Å². The van der Waals surface area contributed by atoms with E-state index < -0.39 is 11.9 Å². The molecule has 2 aromatic rings. The Bertz CT molecular complexity index is 1010. The van der Waals surface area contributed by atoms with Crippen LogP contribution in [-0.2, 0) is 16.0 Å². The normalized spacial score (nSPS) is 10.5. The van der Waals surface area contributed by atoms with Crippen LogP contribution in [0.1, 0.15) is 21.5 Å². The van der Waals surface area contributed by atoms with Crippen molar-refractivity contribution < 1.29 is 24.2 Å². The van der Waals surface area contributed by atoms with Crippen LogP contribution in [0.4, 0.5) is 5.69 Å². The number of aliphatic imine (C=N–C) groups is 1. The van der Waals surface area contributed by atoms with Crippen LogP contribution >= 0.6 is 0 Å². The van der Waals surface area contributed by atoms with E-state index in [1.54, 1.807) is 32.3 Å². The molecule has 0 heterocycles. The summed E-state index contributed by atoms with van der Waals surface area (Å²) in [5, 5.41) is 10.7. The summed E-state index contributed by atoms with van der Waals surface area (Å²) in [6, 6.07) is 10.7. The Morgan fingerprint density at radius 1 is 1.10 bits per heavy atom. The van der Waals surface area contributed by atoms with Gasteiger partial charge in [0.2, 0.25) is 5.91 Å². The van der Waals surface area contributed by atoms with E-state index >= 15 is 0 Å². The van der Waals surface area contributed by atoms with Gasteiger partial charge in [-0.25, -0.2) is 9.79 Å². The first-order valence-corrected chi connectivity index (χ1v) is 8.79. The lowest BCUT2D eigenvalue weighted by atomic mass is 10.0. The maximum absolute atomic E-state index is 12.4. The van der Waals surface area contributed by atoms with Crippen LogP contribution in [-0.4, -0.2) is 42.8 Å². The van der Waals surface area contributed by atoms with Crippen LogP contribution in [0.15, 0.2) is 53.5 Å². The predicted octanol–water partition coefficient (Wildman–Crippen LogP) is 0.205. The summed E-state index contributed by atoms with van der Waals surface area (Å²) in [5.74, 6) is -2.07. The van der Waals surface area contributed by atoms with Gasteiger partial charge in [-0.1, -0.05) is 12.1 Å². The second kappa shape index (κ2) is 9.87. The standard InChI is InChI=1S/C21H22N4O5/c1-25(2)18(26)12-15-11-17(9-5-13(15)6-10-19(27)28)30-20(29)14-3-7-16(8-4-14)24-21(22)23/h3-11H,12H2,1-2H3,(H,27,28)(H4,22,23,24)/p-1/b10-6+. The van der Waals surface area contributed by atoms with Gasteiger partial charge in [-0.15, -0.1) is 0 Å². The number of likely N-dealkylation sites (N-methyl/N-ethyl adjacent to an activating group) is 1. The lowest BCUT2D eigenvalue weighted by Crippen LogP contribution is -2.24. The van der Waals surface area contributed by atoms with Crippen molar-refractivity contribution in [3.05, 3.63) is 65.2 Å². The molecule has 30 heavy (non-hydrogen) atoms. The Kier molecular flexibility index (Phi) is 7.29. The highest BCUT2D eigenvalue weighted by Crippen LogP contribution is 2.22. The van der Waals surface area contributed by atoms with Crippen molar-refractivity contribution in [2.45, 2.75) is 6.42 Å². The molecule has 1 amide bonds. The van der Waals surface area contributed by atoms with Crippen LogP contribution in [0.2, 0.25) is 0 Å². The number of carbonyl (C=O) groups is 3. The summed E-state index contributed by atoms with van der Waals surface area (Å²) in [6.07, 6.45) is 2.18. The van der Waals surface area contributed by atoms with Gasteiger partial charge < -0.3 is 31.0 Å². The number of amides is 1. The van der Waals surface area contributed by atoms with E-state index in [1.165, 1.54) is 35.2 Å². The molecule has 0 radical (unpaired) electrons. The number of benzene rings is 2. The first-order chi connectivity index (χ1) is 14.2. The van der Waals surface area contributed by atoms with Gasteiger partial charge in [0.05, 0.1) is 23.6 Å². The summed E-state index contributed by atoms with van der Waals surface area (Å²) in [7, 11) is 3.21. The number of nitrogens with two attached hydrogens (primary N) is 2. The van der Waals surface area contributed by atoms with Crippen molar-refractivity contribution in [3.63, 3.8) is 0 Å². The monoisotopic (exact) mass is 409 g/mol. The van der Waals surface area contributed by atoms with Crippen molar-refractivity contribution in [3.8, 4) is 5.75 Å². The second-order valence-corrected chi connectivity index (χ2v) is 6.45. The van der Waals surface area contributed by atoms with Crippen LogP contribution in [0.3, 0.4) is 0 Å². The number of hydrogen-bond donors (Lipinski definition) is 2. The molecule has 0 aromatic heterocycles. The summed E-state index contributed by atoms with van der Waals surface area (Å²) < 4.78 is 5.38. The number of carbonyl (C=O) groups excluding carboxylic acids is 3. The number of carboxylic acid groups (broad SMARTS) is 1. The van der Waals surface area contributed by atoms with Crippen molar-refractivity contribution in [1.82, 2.24) is 4.90 Å². The third kappa shape index (κ3) is 6.48. The lowest BCUT2D eigenvalue weighted by Gasteiger charge is -2.13. The molecule has 0 unspecified atom stereocenters. The zero-order chi connectivity index (χ0) is 22.3. The Labute approximate surface area is 173 Å². The van der Waals surface area contributed by atoms with Crippen LogP contribution in [0, 0.1) is 0 Å². The minimum absolute atomic E-state index is 0.00166. The lowest BCUT2D eigenvalue weighted by molar-refractivity contribution is -0.297. The molecule has 0 aliphatic carbocycles. The smallest absolute Gasteiger partial charge is 0.343 e. The number of nitrogens with zero attached hydrogens (tertiary/aromatic N) is 2. The summed E-state index contributed by atoms with van der Waals surface area (Å²) in [4.78, 5) is 40.5. The first kappa shape index (κ1) is 22.2. The topological polar surface area (TPSA) is 151 Å². The highest BCUT2D eigenvalue weighted by Gasteiger charge is 2.13. The number of rotatable bonds is 7. The maximum atomic E-state index is 12.4. The number of carboxylic acids is 1. The van der Waals surface area contributed by atoms with Crippen molar-refractivity contribution in [1.29, 1.82) is 0 Å². The third-order valence-corrected chi connectivity index (χ3v) is 3.93. The highest BCUT2D eigenvalue weighted by molar-refractivity contribution is 5.92. The van der Waals surface area contributed by atoms with Crippen LogP contribution < -0.4 is 21.3 Å². The molecule has 2 aromatic carbocycles. The number of esters is 1. The fraction of sp³-hybridized carbons (Fsp3) is 0.143. The molecule has 9 heteroatoms. The maximum Gasteiger partial charge on any atom is 0.343 e. The summed E-state index contributed by atoms with van der Waals surface area (Å²) >= 11 is 0. The van der Waals surface area contributed by atoms with E-state index in [0.717, 1.165) is 6.08 Å². The SMILES string of the molecule is CN(C)C(=O)Cc1cc(OC(=O)c2ccc(N=C(N)N)cc2)ccc1/C=C/C(=O)[O-]. The quantitative estimate of drug-likeness (QED) is 0.218. The Morgan fingerprint density at radius 2 is 1.77 bits per heavy atom. The predicted molar refractivity (Wildman–Crippen MR) is 110 cm³/mol. The van der Waals surface area contributed by atoms with Gasteiger partial charge >= 0.3 is 5.97 Å². The summed E-state index contributed by atoms with van der Waals surface area (Å²) in [6.45, 7) is 0. The van der Waals surface area contributed by atoms with Gasteiger partial charge in [-0.2, -0.15) is 0 Å².